The molecule has 1 aliphatic heterocycles. The Bertz CT molecular complexity index is 900. The Hall–Kier alpha value is -2.57. The van der Waals surface area contributed by atoms with Crippen LogP contribution in [0.1, 0.15) is 16.8 Å². The zero-order valence-corrected chi connectivity index (χ0v) is 16.0. The summed E-state index contributed by atoms with van der Waals surface area (Å²) in [7, 11) is 1.54. The van der Waals surface area contributed by atoms with Crippen LogP contribution in [0.15, 0.2) is 42.5 Å². The second-order valence-electron chi connectivity index (χ2n) is 6.08. The van der Waals surface area contributed by atoms with Crippen molar-refractivity contribution in [3.05, 3.63) is 58.1 Å². The van der Waals surface area contributed by atoms with Crippen molar-refractivity contribution in [3.8, 4) is 0 Å². The lowest BCUT2D eigenvalue weighted by Crippen LogP contribution is -2.33. The van der Waals surface area contributed by atoms with Gasteiger partial charge < -0.3 is 15.5 Å². The van der Waals surface area contributed by atoms with E-state index in [0.717, 1.165) is 0 Å². The zero-order valence-electron chi connectivity index (χ0n) is 14.5. The van der Waals surface area contributed by atoms with Gasteiger partial charge in [0.1, 0.15) is 5.92 Å². The maximum atomic E-state index is 12.7. The summed E-state index contributed by atoms with van der Waals surface area (Å²) < 4.78 is 0. The van der Waals surface area contributed by atoms with Crippen LogP contribution in [0.2, 0.25) is 10.0 Å². The molecule has 1 atom stereocenters. The third-order valence-corrected chi connectivity index (χ3v) is 5.12. The van der Waals surface area contributed by atoms with E-state index in [4.69, 9.17) is 23.2 Å². The number of hydrogen-bond donors (Lipinski definition) is 2. The summed E-state index contributed by atoms with van der Waals surface area (Å²) in [5.74, 6) is -1.66. The Balaban J connectivity index is 1.68. The molecule has 0 bridgehead atoms. The summed E-state index contributed by atoms with van der Waals surface area (Å²) >= 11 is 11.9. The van der Waals surface area contributed by atoms with Crippen molar-refractivity contribution in [2.45, 2.75) is 6.42 Å². The Labute approximate surface area is 166 Å². The van der Waals surface area contributed by atoms with Gasteiger partial charge in [-0.3, -0.25) is 14.4 Å². The molecule has 2 aromatic rings. The van der Waals surface area contributed by atoms with Gasteiger partial charge in [-0.05, 0) is 48.9 Å². The van der Waals surface area contributed by atoms with Crippen LogP contribution >= 0.6 is 23.2 Å². The first kappa shape index (κ1) is 19.2. The molecule has 6 nitrogen and oxygen atoms in total. The van der Waals surface area contributed by atoms with Gasteiger partial charge in [0.2, 0.25) is 11.8 Å². The average molecular weight is 406 g/mol. The van der Waals surface area contributed by atoms with E-state index in [-0.39, 0.29) is 17.7 Å². The van der Waals surface area contributed by atoms with E-state index in [0.29, 0.717) is 39.9 Å². The number of nitrogens with zero attached hydrogens (tertiary/aromatic N) is 1. The zero-order chi connectivity index (χ0) is 19.6. The number of carbonyl (C=O) groups is 3. The lowest BCUT2D eigenvalue weighted by atomic mass is 10.1. The van der Waals surface area contributed by atoms with E-state index in [2.05, 4.69) is 10.6 Å². The summed E-state index contributed by atoms with van der Waals surface area (Å²) in [6.45, 7) is 0.421. The number of hydrogen-bond acceptors (Lipinski definition) is 3. The van der Waals surface area contributed by atoms with E-state index < -0.39 is 5.92 Å². The summed E-state index contributed by atoms with van der Waals surface area (Å²) in [5.41, 5.74) is 1.62. The van der Waals surface area contributed by atoms with Crippen molar-refractivity contribution in [2.75, 3.05) is 23.8 Å². The standard InChI is InChI=1S/C19H17Cl2N3O3/c1-22-17(25)11-2-4-12(5-3-11)23-18(26)14-8-9-24(19(14)27)13-6-7-15(20)16(21)10-13/h2-7,10,14H,8-9H2,1H3,(H,22,25)(H,23,26). The van der Waals surface area contributed by atoms with Crippen molar-refractivity contribution in [1.82, 2.24) is 5.32 Å². The van der Waals surface area contributed by atoms with Gasteiger partial charge in [-0.1, -0.05) is 23.2 Å². The molecule has 0 spiro atoms. The molecule has 140 valence electrons. The molecule has 2 N–H and O–H groups in total. The van der Waals surface area contributed by atoms with Crippen LogP contribution < -0.4 is 15.5 Å². The molecule has 3 amide bonds. The number of halogens is 2. The van der Waals surface area contributed by atoms with Crippen LogP contribution in [0, 0.1) is 5.92 Å². The topological polar surface area (TPSA) is 78.5 Å². The van der Waals surface area contributed by atoms with Crippen LogP contribution in [0.3, 0.4) is 0 Å². The molecule has 0 radical (unpaired) electrons. The van der Waals surface area contributed by atoms with Gasteiger partial charge in [0.05, 0.1) is 10.0 Å². The van der Waals surface area contributed by atoms with Gasteiger partial charge >= 0.3 is 0 Å². The molecule has 1 saturated heterocycles. The van der Waals surface area contributed by atoms with Crippen molar-refractivity contribution >= 4 is 52.3 Å². The number of carbonyl (C=O) groups excluding carboxylic acids is 3. The molecule has 8 heteroatoms. The van der Waals surface area contributed by atoms with E-state index >= 15 is 0 Å². The number of rotatable bonds is 4. The molecular formula is C19H17Cl2N3O3. The minimum atomic E-state index is -0.780. The number of benzene rings is 2. The van der Waals surface area contributed by atoms with E-state index in [9.17, 15) is 14.4 Å². The van der Waals surface area contributed by atoms with Gasteiger partial charge in [-0.25, -0.2) is 0 Å². The summed E-state index contributed by atoms with van der Waals surface area (Å²) in [6.07, 6.45) is 0.404. The van der Waals surface area contributed by atoms with Crippen LogP contribution in [0.25, 0.3) is 0 Å². The molecule has 0 saturated carbocycles. The Morgan fingerprint density at radius 1 is 1.07 bits per heavy atom. The number of nitrogens with one attached hydrogen (secondary N) is 2. The van der Waals surface area contributed by atoms with E-state index in [1.807, 2.05) is 0 Å². The third kappa shape index (κ3) is 4.07. The lowest BCUT2D eigenvalue weighted by Gasteiger charge is -2.17. The van der Waals surface area contributed by atoms with Gasteiger partial charge in [-0.2, -0.15) is 0 Å². The molecule has 1 unspecified atom stereocenters. The molecule has 3 rings (SSSR count). The summed E-state index contributed by atoms with van der Waals surface area (Å²) in [5, 5.41) is 6.01. The predicted octanol–water partition coefficient (Wildman–Crippen LogP) is 3.34. The van der Waals surface area contributed by atoms with Crippen LogP contribution in [0.4, 0.5) is 11.4 Å². The van der Waals surface area contributed by atoms with E-state index in [1.165, 1.54) is 4.90 Å². The molecule has 0 aromatic heterocycles. The van der Waals surface area contributed by atoms with Gasteiger partial charge in [0.15, 0.2) is 0 Å². The fraction of sp³-hybridized carbons (Fsp3) is 0.211. The van der Waals surface area contributed by atoms with Gasteiger partial charge in [0.25, 0.3) is 5.91 Å². The monoisotopic (exact) mass is 405 g/mol. The highest BCUT2D eigenvalue weighted by Crippen LogP contribution is 2.31. The fourth-order valence-electron chi connectivity index (χ4n) is 2.91. The van der Waals surface area contributed by atoms with E-state index in [1.54, 1.807) is 49.5 Å². The highest BCUT2D eigenvalue weighted by atomic mass is 35.5. The van der Waals surface area contributed by atoms with Gasteiger partial charge in [-0.15, -0.1) is 0 Å². The van der Waals surface area contributed by atoms with Crippen LogP contribution in [0.5, 0.6) is 0 Å². The van der Waals surface area contributed by atoms with Gasteiger partial charge in [0, 0.05) is 30.5 Å². The van der Waals surface area contributed by atoms with Crippen LogP contribution in [-0.4, -0.2) is 31.3 Å². The first-order valence-electron chi connectivity index (χ1n) is 8.30. The van der Waals surface area contributed by atoms with Crippen molar-refractivity contribution in [2.24, 2.45) is 5.92 Å². The Morgan fingerprint density at radius 3 is 2.41 bits per heavy atom. The van der Waals surface area contributed by atoms with Crippen molar-refractivity contribution in [1.29, 1.82) is 0 Å². The molecule has 0 aliphatic carbocycles. The Kier molecular flexibility index (Phi) is 5.68. The third-order valence-electron chi connectivity index (χ3n) is 4.38. The minimum Gasteiger partial charge on any atom is -0.355 e. The fourth-order valence-corrected chi connectivity index (χ4v) is 3.20. The van der Waals surface area contributed by atoms with Crippen LogP contribution in [-0.2, 0) is 9.59 Å². The van der Waals surface area contributed by atoms with Crippen molar-refractivity contribution in [3.63, 3.8) is 0 Å². The largest absolute Gasteiger partial charge is 0.355 e. The summed E-state index contributed by atoms with van der Waals surface area (Å²) in [6, 6.07) is 11.4. The quantitative estimate of drug-likeness (QED) is 0.765. The molecular weight excluding hydrogens is 389 g/mol. The molecule has 1 fully saturated rings. The molecule has 27 heavy (non-hydrogen) atoms. The normalized spacial score (nSPS) is 16.3. The molecule has 1 heterocycles. The number of anilines is 2. The SMILES string of the molecule is CNC(=O)c1ccc(NC(=O)C2CCN(c3ccc(Cl)c(Cl)c3)C2=O)cc1. The second kappa shape index (κ2) is 7.98. The Morgan fingerprint density at radius 2 is 1.78 bits per heavy atom. The second-order valence-corrected chi connectivity index (χ2v) is 6.89. The van der Waals surface area contributed by atoms with Crippen molar-refractivity contribution < 1.29 is 14.4 Å². The highest BCUT2D eigenvalue weighted by molar-refractivity contribution is 6.42. The maximum Gasteiger partial charge on any atom is 0.251 e. The summed E-state index contributed by atoms with van der Waals surface area (Å²) in [4.78, 5) is 38.2. The molecule has 1 aliphatic rings. The smallest absolute Gasteiger partial charge is 0.251 e. The highest BCUT2D eigenvalue weighted by Gasteiger charge is 2.37. The number of amides is 3. The first-order chi connectivity index (χ1) is 12.9. The first-order valence-corrected chi connectivity index (χ1v) is 9.05. The minimum absolute atomic E-state index is 0.212. The lowest BCUT2D eigenvalue weighted by molar-refractivity contribution is -0.129. The average Bonchev–Trinajstić information content (AvgIpc) is 3.05. The molecule has 2 aromatic carbocycles. The maximum absolute atomic E-state index is 12.7. The predicted molar refractivity (Wildman–Crippen MR) is 105 cm³/mol.